The first kappa shape index (κ1) is 10.4. The van der Waals surface area contributed by atoms with Gasteiger partial charge in [-0.25, -0.2) is 9.18 Å². The van der Waals surface area contributed by atoms with Crippen molar-refractivity contribution in [3.05, 3.63) is 48.3 Å². The highest BCUT2D eigenvalue weighted by molar-refractivity contribution is 5.76. The van der Waals surface area contributed by atoms with E-state index in [4.69, 9.17) is 4.74 Å². The lowest BCUT2D eigenvalue weighted by Crippen LogP contribution is -2.04. The SMILES string of the molecule is C=[C]C(=O)OCCc1ccc(F)cc1. The number of esters is 1. The average molecular weight is 193 g/mol. The number of halogens is 1. The third-order valence-electron chi connectivity index (χ3n) is 1.68. The van der Waals surface area contributed by atoms with Gasteiger partial charge in [-0.3, -0.25) is 0 Å². The Kier molecular flexibility index (Phi) is 3.85. The molecule has 0 aliphatic rings. The monoisotopic (exact) mass is 193 g/mol. The lowest BCUT2D eigenvalue weighted by Gasteiger charge is -2.01. The number of rotatable bonds is 4. The van der Waals surface area contributed by atoms with Crippen LogP contribution in [0.1, 0.15) is 5.56 Å². The number of carbonyl (C=O) groups excluding carboxylic acids is 1. The molecular weight excluding hydrogens is 183 g/mol. The van der Waals surface area contributed by atoms with Gasteiger partial charge in [0.1, 0.15) is 5.82 Å². The van der Waals surface area contributed by atoms with E-state index in [-0.39, 0.29) is 12.4 Å². The molecule has 14 heavy (non-hydrogen) atoms. The zero-order valence-corrected chi connectivity index (χ0v) is 7.63. The maximum absolute atomic E-state index is 12.5. The molecule has 1 aromatic carbocycles. The number of ether oxygens (including phenoxy) is 1. The molecule has 0 aliphatic heterocycles. The summed E-state index contributed by atoms with van der Waals surface area (Å²) in [6.07, 6.45) is 2.65. The summed E-state index contributed by atoms with van der Waals surface area (Å²) in [5.74, 6) is -0.836. The molecule has 73 valence electrons. The van der Waals surface area contributed by atoms with Gasteiger partial charge < -0.3 is 4.74 Å². The number of benzene rings is 1. The predicted molar refractivity (Wildman–Crippen MR) is 49.9 cm³/mol. The van der Waals surface area contributed by atoms with Crippen LogP contribution in [0.15, 0.2) is 30.8 Å². The van der Waals surface area contributed by atoms with Crippen molar-refractivity contribution >= 4 is 5.97 Å². The molecule has 0 spiro atoms. The molecule has 0 saturated heterocycles. The van der Waals surface area contributed by atoms with Crippen molar-refractivity contribution in [1.82, 2.24) is 0 Å². The van der Waals surface area contributed by atoms with Crippen molar-refractivity contribution in [3.63, 3.8) is 0 Å². The Morgan fingerprint density at radius 2 is 2.07 bits per heavy atom. The topological polar surface area (TPSA) is 26.3 Å². The van der Waals surface area contributed by atoms with Gasteiger partial charge in [0.05, 0.1) is 12.7 Å². The summed E-state index contributed by atoms with van der Waals surface area (Å²) in [4.78, 5) is 10.6. The van der Waals surface area contributed by atoms with E-state index < -0.39 is 5.97 Å². The molecule has 0 amide bonds. The first-order valence-corrected chi connectivity index (χ1v) is 4.16. The summed E-state index contributed by atoms with van der Waals surface area (Å²) < 4.78 is 17.2. The quantitative estimate of drug-likeness (QED) is 0.539. The van der Waals surface area contributed by atoms with Gasteiger partial charge in [-0.1, -0.05) is 18.7 Å². The van der Waals surface area contributed by atoms with Crippen LogP contribution in [0.2, 0.25) is 0 Å². The Labute approximate surface area is 82.0 Å². The van der Waals surface area contributed by atoms with Gasteiger partial charge in [-0.2, -0.15) is 0 Å². The molecule has 1 radical (unpaired) electrons. The molecule has 1 rings (SSSR count). The summed E-state index contributed by atoms with van der Waals surface area (Å²) in [6.45, 7) is 3.41. The number of hydrogen-bond acceptors (Lipinski definition) is 2. The van der Waals surface area contributed by atoms with Crippen molar-refractivity contribution in [2.24, 2.45) is 0 Å². The van der Waals surface area contributed by atoms with Gasteiger partial charge in [-0.05, 0) is 17.7 Å². The maximum Gasteiger partial charge on any atom is 0.338 e. The van der Waals surface area contributed by atoms with E-state index in [9.17, 15) is 9.18 Å². The Morgan fingerprint density at radius 3 is 2.64 bits per heavy atom. The molecule has 0 saturated carbocycles. The van der Waals surface area contributed by atoms with Crippen LogP contribution in [0.3, 0.4) is 0 Å². The van der Waals surface area contributed by atoms with Crippen LogP contribution >= 0.6 is 0 Å². The number of hydrogen-bond donors (Lipinski definition) is 0. The second kappa shape index (κ2) is 5.17. The van der Waals surface area contributed by atoms with Crippen LogP contribution in [0.5, 0.6) is 0 Å². The fourth-order valence-corrected chi connectivity index (χ4v) is 0.964. The largest absolute Gasteiger partial charge is 0.462 e. The normalized spacial score (nSPS) is 9.50. The van der Waals surface area contributed by atoms with Crippen LogP contribution in [0, 0.1) is 11.9 Å². The Hall–Kier alpha value is -1.64. The van der Waals surface area contributed by atoms with Gasteiger partial charge in [-0.15, -0.1) is 0 Å². The van der Waals surface area contributed by atoms with Gasteiger partial charge in [0.2, 0.25) is 0 Å². The zero-order valence-electron chi connectivity index (χ0n) is 7.63. The second-order valence-electron chi connectivity index (χ2n) is 2.69. The van der Waals surface area contributed by atoms with Crippen LogP contribution in [0.25, 0.3) is 0 Å². The van der Waals surface area contributed by atoms with Gasteiger partial charge in [0.25, 0.3) is 0 Å². The Morgan fingerprint density at radius 1 is 1.43 bits per heavy atom. The lowest BCUT2D eigenvalue weighted by molar-refractivity contribution is -0.138. The summed E-state index contributed by atoms with van der Waals surface area (Å²) >= 11 is 0. The van der Waals surface area contributed by atoms with Crippen LogP contribution in [-0.4, -0.2) is 12.6 Å². The summed E-state index contributed by atoms with van der Waals surface area (Å²) in [7, 11) is 0. The highest BCUT2D eigenvalue weighted by Gasteiger charge is 1.97. The van der Waals surface area contributed by atoms with Crippen molar-refractivity contribution in [2.45, 2.75) is 6.42 Å². The summed E-state index contributed by atoms with van der Waals surface area (Å²) in [5.41, 5.74) is 0.920. The molecule has 3 heteroatoms. The van der Waals surface area contributed by atoms with E-state index in [1.54, 1.807) is 12.1 Å². The molecule has 0 aromatic heterocycles. The highest BCUT2D eigenvalue weighted by atomic mass is 19.1. The molecule has 0 heterocycles. The first-order chi connectivity index (χ1) is 6.72. The van der Waals surface area contributed by atoms with Crippen molar-refractivity contribution in [1.29, 1.82) is 0 Å². The Balaban J connectivity index is 2.35. The molecule has 0 bridgehead atoms. The van der Waals surface area contributed by atoms with E-state index >= 15 is 0 Å². The van der Waals surface area contributed by atoms with Crippen LogP contribution < -0.4 is 0 Å². The standard InChI is InChI=1S/C11H10FO2/c1-2-11(13)14-8-7-9-3-5-10(12)6-4-9/h3-6H,1,7-8H2. The molecule has 0 N–H and O–H groups in total. The van der Waals surface area contributed by atoms with Gasteiger partial charge in [0, 0.05) is 6.42 Å². The van der Waals surface area contributed by atoms with Crippen molar-refractivity contribution in [3.8, 4) is 0 Å². The van der Waals surface area contributed by atoms with E-state index in [0.29, 0.717) is 6.42 Å². The minimum Gasteiger partial charge on any atom is -0.462 e. The van der Waals surface area contributed by atoms with Crippen molar-refractivity contribution in [2.75, 3.05) is 6.61 Å². The Bertz CT molecular complexity index is 317. The molecule has 0 fully saturated rings. The maximum atomic E-state index is 12.5. The van der Waals surface area contributed by atoms with E-state index in [2.05, 4.69) is 12.7 Å². The third-order valence-corrected chi connectivity index (χ3v) is 1.68. The molecule has 0 unspecified atom stereocenters. The highest BCUT2D eigenvalue weighted by Crippen LogP contribution is 2.03. The number of carbonyl (C=O) groups is 1. The molecule has 2 nitrogen and oxygen atoms in total. The molecule has 0 aliphatic carbocycles. The van der Waals surface area contributed by atoms with Crippen LogP contribution in [-0.2, 0) is 16.0 Å². The van der Waals surface area contributed by atoms with E-state index in [0.717, 1.165) is 5.56 Å². The smallest absolute Gasteiger partial charge is 0.338 e. The molecule has 1 aromatic rings. The minimum absolute atomic E-state index is 0.257. The van der Waals surface area contributed by atoms with E-state index in [1.807, 2.05) is 0 Å². The minimum atomic E-state index is -0.563. The van der Waals surface area contributed by atoms with Crippen LogP contribution in [0.4, 0.5) is 4.39 Å². The lowest BCUT2D eigenvalue weighted by atomic mass is 10.2. The predicted octanol–water partition coefficient (Wildman–Crippen LogP) is 1.90. The van der Waals surface area contributed by atoms with Gasteiger partial charge in [0.15, 0.2) is 0 Å². The van der Waals surface area contributed by atoms with E-state index in [1.165, 1.54) is 12.1 Å². The average Bonchev–Trinajstić information content (AvgIpc) is 2.21. The fraction of sp³-hybridized carbons (Fsp3) is 0.182. The zero-order chi connectivity index (χ0) is 10.4. The first-order valence-electron chi connectivity index (χ1n) is 4.16. The second-order valence-corrected chi connectivity index (χ2v) is 2.69. The third kappa shape index (κ3) is 3.39. The fourth-order valence-electron chi connectivity index (χ4n) is 0.964. The summed E-state index contributed by atoms with van der Waals surface area (Å²) in [6, 6.07) is 6.05. The molecular formula is C11H10FO2. The molecule has 0 atom stereocenters. The summed E-state index contributed by atoms with van der Waals surface area (Å²) in [5, 5.41) is 0. The van der Waals surface area contributed by atoms with Gasteiger partial charge >= 0.3 is 5.97 Å². The van der Waals surface area contributed by atoms with Crippen molar-refractivity contribution < 1.29 is 13.9 Å².